The third kappa shape index (κ3) is 14.5. The number of anilines is 2. The number of piperidine rings is 3. The standard InChI is InChI=1S/C25H32BClN6O2.C13H20BN3O3.C3H4.CH4.2H2/c1-26(35)31-23-14-17(4-9-28-23)16-32-10-5-19(6-11-32)25(34)33-12-7-18(8-13-33)24-29-21-3-2-20(27)15-22(21)30-24;1-14(20)16-12-8-10(2-5-15-12)9-17-6-3-11(4-7-17)13(18)19;1-3-2;;;/h2-4,9,14-15,18-19,35H,5-8,10-13,16H2,1H3,(H,28,31)(H,29,30);2,5,8,11,20H,3-4,6-7,9H2,1H3,(H,15,16)(H,18,19);1-2H2;1H4;2*1H/i;;;;1+1D;1+1. The first kappa shape index (κ1) is 45.4. The van der Waals surface area contributed by atoms with Crippen molar-refractivity contribution in [2.24, 2.45) is 11.8 Å². The van der Waals surface area contributed by atoms with Crippen LogP contribution in [0.5, 0.6) is 0 Å². The summed E-state index contributed by atoms with van der Waals surface area (Å²) in [4.78, 5) is 47.4. The Morgan fingerprint density at radius 2 is 1.34 bits per heavy atom. The van der Waals surface area contributed by atoms with Gasteiger partial charge in [0.15, 0.2) is 0 Å². The summed E-state index contributed by atoms with van der Waals surface area (Å²) in [5.41, 5.74) is 6.43. The van der Waals surface area contributed by atoms with Gasteiger partial charge in [-0.3, -0.25) is 19.4 Å². The van der Waals surface area contributed by atoms with E-state index in [0.717, 1.165) is 106 Å². The number of fused-ring (bicyclic) bond motifs is 1. The molecule has 6 heterocycles. The summed E-state index contributed by atoms with van der Waals surface area (Å²) < 4.78 is 10.0. The van der Waals surface area contributed by atoms with Crippen LogP contribution in [0.2, 0.25) is 18.7 Å². The minimum atomic E-state index is -0.683. The van der Waals surface area contributed by atoms with Gasteiger partial charge in [0.05, 0.1) is 17.0 Å². The van der Waals surface area contributed by atoms with Crippen molar-refractivity contribution in [3.05, 3.63) is 95.7 Å². The number of aromatic amines is 1. The van der Waals surface area contributed by atoms with E-state index in [1.165, 1.54) is 0 Å². The molecule has 0 saturated carbocycles. The van der Waals surface area contributed by atoms with Gasteiger partial charge in [0.1, 0.15) is 17.5 Å². The molecule has 0 spiro atoms. The van der Waals surface area contributed by atoms with Crippen LogP contribution in [0.25, 0.3) is 11.0 Å². The molecule has 0 unspecified atom stereocenters. The number of carbonyl (C=O) groups excluding carboxylic acids is 1. The van der Waals surface area contributed by atoms with Crippen molar-refractivity contribution < 1.29 is 29.1 Å². The highest BCUT2D eigenvalue weighted by Gasteiger charge is 2.32. The highest BCUT2D eigenvalue weighted by molar-refractivity contribution is 6.53. The predicted octanol–water partition coefficient (Wildman–Crippen LogP) is 6.74. The summed E-state index contributed by atoms with van der Waals surface area (Å²) in [6, 6.07) is 13.6. The number of hydrogen-bond acceptors (Lipinski definition) is 11. The van der Waals surface area contributed by atoms with Crippen molar-refractivity contribution in [2.75, 3.05) is 49.7 Å². The van der Waals surface area contributed by atoms with Crippen molar-refractivity contribution in [3.8, 4) is 0 Å². The van der Waals surface area contributed by atoms with Crippen molar-refractivity contribution >= 4 is 60.2 Å². The number of nitrogens with one attached hydrogen (secondary N) is 3. The average Bonchev–Trinajstić information content (AvgIpc) is 3.66. The summed E-state index contributed by atoms with van der Waals surface area (Å²) in [6.07, 6.45) is 8.55. The average molecular weight is 835 g/mol. The van der Waals surface area contributed by atoms with E-state index in [2.05, 4.69) is 59.0 Å². The summed E-state index contributed by atoms with van der Waals surface area (Å²) in [7, 11) is -1.27. The highest BCUT2D eigenvalue weighted by atomic mass is 35.5. The van der Waals surface area contributed by atoms with Gasteiger partial charge in [-0.15, -0.1) is 5.73 Å². The van der Waals surface area contributed by atoms with Gasteiger partial charge in [-0.2, -0.15) is 0 Å². The number of carbonyl (C=O) groups is 2. The maximum Gasteiger partial charge on any atom is 0.408 e. The van der Waals surface area contributed by atoms with Crippen molar-refractivity contribution in [2.45, 2.75) is 78.6 Å². The van der Waals surface area contributed by atoms with E-state index < -0.39 is 20.1 Å². The number of hydrogen-bond donors (Lipinski definition) is 6. The third-order valence-corrected chi connectivity index (χ3v) is 10.9. The Kier molecular flexibility index (Phi) is 17.8. The lowest BCUT2D eigenvalue weighted by molar-refractivity contribution is -0.143. The van der Waals surface area contributed by atoms with Crippen LogP contribution >= 0.6 is 11.6 Å². The van der Waals surface area contributed by atoms with Crippen molar-refractivity contribution in [3.63, 3.8) is 0 Å². The number of aliphatic carboxylic acids is 1. The van der Waals surface area contributed by atoms with E-state index in [4.69, 9.17) is 24.7 Å². The van der Waals surface area contributed by atoms with Crippen LogP contribution in [0.3, 0.4) is 0 Å². The van der Waals surface area contributed by atoms with Gasteiger partial charge in [0, 0.05) is 59.8 Å². The molecule has 0 aliphatic carbocycles. The molecule has 6 N–H and O–H groups in total. The van der Waals surface area contributed by atoms with Crippen LogP contribution in [-0.2, 0) is 22.7 Å². The normalized spacial score (nSPS) is 16.8. The molecule has 1 aromatic carbocycles. The fourth-order valence-corrected chi connectivity index (χ4v) is 7.92. The Labute approximate surface area is 359 Å². The topological polar surface area (TPSA) is 183 Å². The molecule has 7 rings (SSSR count). The molecule has 0 bridgehead atoms. The van der Waals surface area contributed by atoms with Crippen LogP contribution in [0.1, 0.15) is 73.2 Å². The second-order valence-corrected chi connectivity index (χ2v) is 15.7. The van der Waals surface area contributed by atoms with Crippen LogP contribution in [-0.4, -0.2) is 115 Å². The SMILES string of the molecule is C.C=C=C.CB(O)Nc1cc(CN2CCC(C(=O)N3CCC(c4nc5ccc(Cl)cc5[nH]4)CC3)CC2)ccn1.CB(O)Nc1cc(CN2CCC(C(=O)O)CC2)ccn1.[2HH].[2H][2H]. The van der Waals surface area contributed by atoms with Crippen molar-refractivity contribution in [1.29, 1.82) is 0 Å². The van der Waals surface area contributed by atoms with E-state index in [1.54, 1.807) is 26.0 Å². The van der Waals surface area contributed by atoms with E-state index in [1.807, 2.05) is 42.5 Å². The molecule has 3 aliphatic heterocycles. The third-order valence-electron chi connectivity index (χ3n) is 10.7. The Balaban J connectivity index is 0.000000419. The van der Waals surface area contributed by atoms with E-state index in [-0.39, 0.29) is 20.7 Å². The molecule has 3 aliphatic rings. The Bertz CT molecular complexity index is 1990. The lowest BCUT2D eigenvalue weighted by Gasteiger charge is -2.37. The van der Waals surface area contributed by atoms with E-state index in [0.29, 0.717) is 41.3 Å². The number of aromatic nitrogens is 4. The number of likely N-dealkylation sites (tertiary alicyclic amines) is 3. The summed E-state index contributed by atoms with van der Waals surface area (Å²) in [5, 5.41) is 34.3. The molecule has 4 aromatic rings. The lowest BCUT2D eigenvalue weighted by Crippen LogP contribution is -2.45. The molecule has 17 heteroatoms. The molecule has 320 valence electrons. The number of pyridine rings is 2. The quantitative estimate of drug-likeness (QED) is 0.0693. The molecule has 0 radical (unpaired) electrons. The van der Waals surface area contributed by atoms with Gasteiger partial charge >= 0.3 is 20.1 Å². The molecular weight excluding hydrogens is 768 g/mol. The van der Waals surface area contributed by atoms with Gasteiger partial charge in [0.25, 0.3) is 0 Å². The summed E-state index contributed by atoms with van der Waals surface area (Å²) >= 11 is 6.11. The number of benzene rings is 1. The number of carboxylic acids is 1. The second-order valence-electron chi connectivity index (χ2n) is 15.3. The predicted molar refractivity (Wildman–Crippen MR) is 242 cm³/mol. The Hall–Kier alpha value is -4.69. The fourth-order valence-electron chi connectivity index (χ4n) is 7.75. The molecule has 3 aromatic heterocycles. The number of nitrogens with zero attached hydrogens (tertiary/aromatic N) is 6. The zero-order valence-electron chi connectivity index (χ0n) is 35.6. The van der Waals surface area contributed by atoms with Gasteiger partial charge in [0.2, 0.25) is 5.91 Å². The number of rotatable bonds is 11. The van der Waals surface area contributed by atoms with Gasteiger partial charge in [-0.25, -0.2) is 15.0 Å². The maximum absolute atomic E-state index is 13.2. The molecule has 3 saturated heterocycles. The lowest BCUT2D eigenvalue weighted by atomic mass is 9.89. The molecule has 0 atom stereocenters. The highest BCUT2D eigenvalue weighted by Crippen LogP contribution is 2.31. The number of carboxylic acid groups (broad SMARTS) is 1. The zero-order valence-corrected chi connectivity index (χ0v) is 34.4. The minimum absolute atomic E-state index is 0. The first-order valence-electron chi connectivity index (χ1n) is 21.1. The monoisotopic (exact) mass is 835 g/mol. The molecule has 1 amide bonds. The molecule has 14 nitrogen and oxygen atoms in total. The zero-order chi connectivity index (χ0) is 43.6. The number of H-pyrrole nitrogens is 1. The van der Waals surface area contributed by atoms with Crippen molar-refractivity contribution in [1.82, 2.24) is 34.6 Å². The van der Waals surface area contributed by atoms with Crippen LogP contribution in [0, 0.1) is 11.8 Å². The van der Waals surface area contributed by atoms with Crippen LogP contribution in [0.4, 0.5) is 11.6 Å². The van der Waals surface area contributed by atoms with Gasteiger partial charge < -0.3 is 35.5 Å². The Morgan fingerprint density at radius 3 is 1.81 bits per heavy atom. The van der Waals surface area contributed by atoms with Gasteiger partial charge in [-0.05, 0) is 132 Å². The number of imidazole rings is 1. The van der Waals surface area contributed by atoms with Crippen LogP contribution < -0.4 is 10.5 Å². The van der Waals surface area contributed by atoms with E-state index >= 15 is 0 Å². The number of halogens is 1. The maximum atomic E-state index is 13.2. The smallest absolute Gasteiger partial charge is 0.408 e. The Morgan fingerprint density at radius 1 is 0.847 bits per heavy atom. The fraction of sp³-hybridized carbons (Fsp3) is 0.476. The first-order chi connectivity index (χ1) is 28.9. The number of amides is 1. The van der Waals surface area contributed by atoms with E-state index in [9.17, 15) is 19.6 Å². The molecule has 3 fully saturated rings. The van der Waals surface area contributed by atoms with Crippen LogP contribution in [0.15, 0.2) is 73.7 Å². The first-order valence-corrected chi connectivity index (χ1v) is 20.5. The summed E-state index contributed by atoms with van der Waals surface area (Å²) in [6.45, 7) is 16.2. The van der Waals surface area contributed by atoms with Gasteiger partial charge in [-0.1, -0.05) is 32.2 Å². The molecule has 59 heavy (non-hydrogen) atoms. The molecular formula is C42H64B2ClN9O5. The second kappa shape index (κ2) is 23.2. The minimum Gasteiger partial charge on any atom is -0.481 e. The largest absolute Gasteiger partial charge is 0.481 e. The summed E-state index contributed by atoms with van der Waals surface area (Å²) in [5.74, 6) is 2.22.